The number of ether oxygens (including phenoxy) is 2. The van der Waals surface area contributed by atoms with Crippen LogP contribution in [-0.4, -0.2) is 53.3 Å². The van der Waals surface area contributed by atoms with Crippen molar-refractivity contribution in [2.45, 2.75) is 26.8 Å². The molecule has 2 aromatic carbocycles. The zero-order valence-corrected chi connectivity index (χ0v) is 19.9. The van der Waals surface area contributed by atoms with Gasteiger partial charge in [-0.25, -0.2) is 8.78 Å². The predicted molar refractivity (Wildman–Crippen MR) is 126 cm³/mol. The monoisotopic (exact) mass is 486 g/mol. The molecule has 0 saturated heterocycles. The zero-order valence-electron chi connectivity index (χ0n) is 19.9. The van der Waals surface area contributed by atoms with Crippen molar-refractivity contribution < 1.29 is 27.8 Å². The Balaban J connectivity index is 1.39. The number of hydrogen-bond donors (Lipinski definition) is 1. The lowest BCUT2D eigenvalue weighted by molar-refractivity contribution is -0.131. The van der Waals surface area contributed by atoms with Gasteiger partial charge in [0.15, 0.2) is 17.4 Å². The number of likely N-dealkylation sites (N-methyl/N-ethyl adjacent to an activating group) is 1. The lowest BCUT2D eigenvalue weighted by Crippen LogP contribution is -2.33. The van der Waals surface area contributed by atoms with E-state index < -0.39 is 23.3 Å². The second kappa shape index (κ2) is 12.0. The third kappa shape index (κ3) is 7.80. The molecule has 1 heterocycles. The van der Waals surface area contributed by atoms with Crippen LogP contribution < -0.4 is 14.8 Å². The van der Waals surface area contributed by atoms with Crippen molar-refractivity contribution in [3.8, 4) is 11.5 Å². The summed E-state index contributed by atoms with van der Waals surface area (Å²) < 4.78 is 39.7. The van der Waals surface area contributed by atoms with Crippen LogP contribution in [0.25, 0.3) is 0 Å². The first kappa shape index (κ1) is 25.7. The van der Waals surface area contributed by atoms with Crippen molar-refractivity contribution in [1.82, 2.24) is 14.7 Å². The van der Waals surface area contributed by atoms with Gasteiger partial charge in [-0.1, -0.05) is 17.7 Å². The van der Waals surface area contributed by atoms with Gasteiger partial charge in [0.25, 0.3) is 0 Å². The summed E-state index contributed by atoms with van der Waals surface area (Å²) in [7, 11) is 1.67. The lowest BCUT2D eigenvalue weighted by Gasteiger charge is -2.17. The molecule has 3 aromatic rings. The molecule has 3 rings (SSSR count). The number of amides is 2. The topological polar surface area (TPSA) is 85.7 Å². The van der Waals surface area contributed by atoms with E-state index in [0.717, 1.165) is 23.4 Å². The molecule has 2 amide bonds. The summed E-state index contributed by atoms with van der Waals surface area (Å²) >= 11 is 0. The van der Waals surface area contributed by atoms with Crippen molar-refractivity contribution in [3.05, 3.63) is 71.6 Å². The van der Waals surface area contributed by atoms with Gasteiger partial charge in [0, 0.05) is 13.2 Å². The Morgan fingerprint density at radius 3 is 2.40 bits per heavy atom. The van der Waals surface area contributed by atoms with Crippen LogP contribution in [0.5, 0.6) is 11.5 Å². The molecule has 0 unspecified atom stereocenters. The van der Waals surface area contributed by atoms with Crippen LogP contribution in [0.2, 0.25) is 0 Å². The first-order valence-electron chi connectivity index (χ1n) is 11.1. The van der Waals surface area contributed by atoms with Crippen molar-refractivity contribution in [1.29, 1.82) is 0 Å². The maximum absolute atomic E-state index is 13.8. The molecule has 0 aliphatic carbocycles. The number of benzene rings is 2. The highest BCUT2D eigenvalue weighted by Gasteiger charge is 2.14. The summed E-state index contributed by atoms with van der Waals surface area (Å²) in [4.78, 5) is 26.1. The number of aryl methyl sites for hydroxylation is 2. The molecule has 10 heteroatoms. The van der Waals surface area contributed by atoms with Crippen LogP contribution >= 0.6 is 0 Å². The lowest BCUT2D eigenvalue weighted by atomic mass is 10.2. The molecule has 1 aromatic heterocycles. The van der Waals surface area contributed by atoms with Gasteiger partial charge in [-0.05, 0) is 43.7 Å². The van der Waals surface area contributed by atoms with Crippen LogP contribution in [0.4, 0.5) is 14.5 Å². The Hall–Kier alpha value is -3.95. The van der Waals surface area contributed by atoms with Crippen molar-refractivity contribution >= 4 is 17.5 Å². The van der Waals surface area contributed by atoms with E-state index in [9.17, 15) is 18.4 Å². The Bertz CT molecular complexity index is 1140. The van der Waals surface area contributed by atoms with Crippen LogP contribution in [-0.2, 0) is 16.1 Å². The van der Waals surface area contributed by atoms with Gasteiger partial charge in [0.1, 0.15) is 18.9 Å². The second-order valence-corrected chi connectivity index (χ2v) is 8.11. The Kier molecular flexibility index (Phi) is 8.77. The molecule has 0 spiro atoms. The van der Waals surface area contributed by atoms with Crippen molar-refractivity contribution in [3.63, 3.8) is 0 Å². The SMILES string of the molecule is Cc1ccc(OCCN(C)C(=O)Cn2cc(NC(=O)CCOc3c(F)cc(C)cc3F)cn2)cc1. The maximum atomic E-state index is 13.8. The molecule has 0 aliphatic rings. The minimum absolute atomic E-state index is 0.00795. The van der Waals surface area contributed by atoms with E-state index in [1.807, 2.05) is 31.2 Å². The summed E-state index contributed by atoms with van der Waals surface area (Å²) in [5.74, 6) is -2.00. The number of nitrogens with one attached hydrogen (secondary N) is 1. The first-order chi connectivity index (χ1) is 16.7. The molecule has 0 fully saturated rings. The van der Waals surface area contributed by atoms with E-state index in [-0.39, 0.29) is 25.5 Å². The van der Waals surface area contributed by atoms with Gasteiger partial charge in [-0.15, -0.1) is 0 Å². The van der Waals surface area contributed by atoms with Gasteiger partial charge in [-0.3, -0.25) is 14.3 Å². The number of carbonyl (C=O) groups is 2. The van der Waals surface area contributed by atoms with Crippen LogP contribution in [0, 0.1) is 25.5 Å². The minimum Gasteiger partial charge on any atom is -0.492 e. The Labute approximate surface area is 202 Å². The fourth-order valence-electron chi connectivity index (χ4n) is 3.13. The summed E-state index contributed by atoms with van der Waals surface area (Å²) in [6.07, 6.45) is 2.80. The van der Waals surface area contributed by atoms with E-state index in [0.29, 0.717) is 24.4 Å². The number of carbonyl (C=O) groups excluding carboxylic acids is 2. The average molecular weight is 487 g/mol. The summed E-state index contributed by atoms with van der Waals surface area (Å²) in [5, 5.41) is 6.69. The van der Waals surface area contributed by atoms with Crippen LogP contribution in [0.3, 0.4) is 0 Å². The highest BCUT2D eigenvalue weighted by atomic mass is 19.1. The van der Waals surface area contributed by atoms with Gasteiger partial charge in [-0.2, -0.15) is 5.10 Å². The third-order valence-electron chi connectivity index (χ3n) is 5.07. The van der Waals surface area contributed by atoms with Crippen LogP contribution in [0.1, 0.15) is 17.5 Å². The van der Waals surface area contributed by atoms with E-state index >= 15 is 0 Å². The zero-order chi connectivity index (χ0) is 25.4. The van der Waals surface area contributed by atoms with E-state index in [4.69, 9.17) is 9.47 Å². The number of anilines is 1. The van der Waals surface area contributed by atoms with E-state index in [1.54, 1.807) is 14.0 Å². The second-order valence-electron chi connectivity index (χ2n) is 8.11. The molecule has 1 N–H and O–H groups in total. The van der Waals surface area contributed by atoms with Gasteiger partial charge >= 0.3 is 0 Å². The number of hydrogen-bond acceptors (Lipinski definition) is 5. The van der Waals surface area contributed by atoms with Crippen molar-refractivity contribution in [2.75, 3.05) is 32.1 Å². The molecule has 8 nitrogen and oxygen atoms in total. The normalized spacial score (nSPS) is 10.7. The molecular formula is C25H28F2N4O4. The smallest absolute Gasteiger partial charge is 0.244 e. The molecule has 0 bridgehead atoms. The quantitative estimate of drug-likeness (QED) is 0.447. The molecule has 0 radical (unpaired) electrons. The molecule has 186 valence electrons. The van der Waals surface area contributed by atoms with Gasteiger partial charge in [0.05, 0.1) is 31.5 Å². The van der Waals surface area contributed by atoms with Crippen molar-refractivity contribution in [2.24, 2.45) is 0 Å². The standard InChI is InChI=1S/C25H28F2N4O4/c1-17-4-6-20(7-5-17)34-11-9-30(3)24(33)16-31-15-19(14-28-31)29-23(32)8-10-35-25-21(26)12-18(2)13-22(25)27/h4-7,12-15H,8-11,16H2,1-3H3,(H,29,32). The fourth-order valence-corrected chi connectivity index (χ4v) is 3.13. The summed E-state index contributed by atoms with van der Waals surface area (Å²) in [6.45, 7) is 4.10. The number of nitrogens with zero attached hydrogens (tertiary/aromatic N) is 3. The molecular weight excluding hydrogens is 458 g/mol. The van der Waals surface area contributed by atoms with Gasteiger partial charge in [0.2, 0.25) is 11.8 Å². The highest BCUT2D eigenvalue weighted by Crippen LogP contribution is 2.23. The number of halogens is 2. The van der Waals surface area contributed by atoms with E-state index in [1.165, 1.54) is 22.0 Å². The molecule has 0 saturated carbocycles. The molecule has 0 aliphatic heterocycles. The predicted octanol–water partition coefficient (Wildman–Crippen LogP) is 3.72. The van der Waals surface area contributed by atoms with Gasteiger partial charge < -0.3 is 19.7 Å². The first-order valence-corrected chi connectivity index (χ1v) is 11.1. The largest absolute Gasteiger partial charge is 0.492 e. The minimum atomic E-state index is -0.819. The fraction of sp³-hybridized carbons (Fsp3) is 0.320. The van der Waals surface area contributed by atoms with Crippen LogP contribution in [0.15, 0.2) is 48.8 Å². The molecule has 35 heavy (non-hydrogen) atoms. The summed E-state index contributed by atoms with van der Waals surface area (Å²) in [5.41, 5.74) is 1.96. The number of aromatic nitrogens is 2. The Morgan fingerprint density at radius 1 is 1.03 bits per heavy atom. The highest BCUT2D eigenvalue weighted by molar-refractivity contribution is 5.90. The average Bonchev–Trinajstić information content (AvgIpc) is 3.23. The molecule has 0 atom stereocenters. The summed E-state index contributed by atoms with van der Waals surface area (Å²) in [6, 6.07) is 9.97. The number of rotatable bonds is 11. The Morgan fingerprint density at radius 2 is 1.71 bits per heavy atom. The third-order valence-corrected chi connectivity index (χ3v) is 5.07. The maximum Gasteiger partial charge on any atom is 0.244 e. The van der Waals surface area contributed by atoms with E-state index in [2.05, 4.69) is 10.4 Å².